The molecule has 0 atom stereocenters. The van der Waals surface area contributed by atoms with Crippen LogP contribution in [-0.2, 0) is 18.6 Å². The monoisotopic (exact) mass is 598 g/mol. The number of aryl methyl sites for hydroxylation is 2. The van der Waals surface area contributed by atoms with Crippen molar-refractivity contribution in [3.63, 3.8) is 0 Å². The lowest BCUT2D eigenvalue weighted by molar-refractivity contribution is -0.140. The topological polar surface area (TPSA) is 133 Å². The maximum Gasteiger partial charge on any atom is 0.433 e. The average Bonchev–Trinajstić information content (AvgIpc) is 3.52. The van der Waals surface area contributed by atoms with Crippen molar-refractivity contribution < 1.29 is 31.5 Å². The van der Waals surface area contributed by atoms with Crippen molar-refractivity contribution in [2.24, 2.45) is 12.8 Å². The lowest BCUT2D eigenvalue weighted by Crippen LogP contribution is -2.18. The molecule has 0 aliphatic heterocycles. The molecule has 0 saturated carbocycles. The van der Waals surface area contributed by atoms with Crippen LogP contribution in [0.2, 0.25) is 0 Å². The summed E-state index contributed by atoms with van der Waals surface area (Å²) in [4.78, 5) is 32.9. The third kappa shape index (κ3) is 4.62. The molecule has 10 nitrogen and oxygen atoms in total. The van der Waals surface area contributed by atoms with Crippen LogP contribution >= 0.6 is 22.9 Å². The highest BCUT2D eigenvalue weighted by atomic mass is 35.5. The number of fused-ring (bicyclic) bond motifs is 2. The predicted molar refractivity (Wildman–Crippen MR) is 136 cm³/mol. The van der Waals surface area contributed by atoms with Gasteiger partial charge in [0.1, 0.15) is 21.1 Å². The number of rotatable bonds is 5. The lowest BCUT2D eigenvalue weighted by atomic mass is 10.0. The molecule has 0 radical (unpaired) electrons. The smallest absolute Gasteiger partial charge is 0.365 e. The molecule has 5 heterocycles. The summed E-state index contributed by atoms with van der Waals surface area (Å²) < 4.78 is 71.3. The first-order valence-electron chi connectivity index (χ1n) is 11.2. The Bertz CT molecular complexity index is 1850. The van der Waals surface area contributed by atoms with Gasteiger partial charge >= 0.3 is 11.6 Å². The number of amides is 2. The first kappa shape index (κ1) is 27.4. The summed E-state index contributed by atoms with van der Waals surface area (Å²) in [6, 6.07) is 2.89. The second-order valence-electron chi connectivity index (χ2n) is 8.70. The molecule has 3 N–H and O–H groups in total. The lowest BCUT2D eigenvalue weighted by Gasteiger charge is -2.12. The normalized spacial score (nSPS) is 12.4. The van der Waals surface area contributed by atoms with E-state index in [9.17, 15) is 31.5 Å². The Morgan fingerprint density at radius 2 is 1.77 bits per heavy atom. The molecule has 0 spiro atoms. The second-order valence-corrected chi connectivity index (χ2v) is 10.2. The van der Waals surface area contributed by atoms with Crippen molar-refractivity contribution in [2.75, 3.05) is 5.32 Å². The maximum absolute atomic E-state index is 14.0. The minimum atomic E-state index is -4.83. The molecule has 0 fully saturated rings. The molecular formula is C23H16ClF5N8O2S. The number of nitrogens with one attached hydrogen (secondary N) is 1. The first-order chi connectivity index (χ1) is 18.6. The predicted octanol–water partition coefficient (Wildman–Crippen LogP) is 5.01. The zero-order valence-corrected chi connectivity index (χ0v) is 22.1. The van der Waals surface area contributed by atoms with Crippen LogP contribution in [0.25, 0.3) is 27.0 Å². The Balaban J connectivity index is 1.72. The third-order valence-corrected chi connectivity index (χ3v) is 7.31. The molecule has 40 heavy (non-hydrogen) atoms. The van der Waals surface area contributed by atoms with Gasteiger partial charge in [0.2, 0.25) is 0 Å². The molecule has 0 saturated heterocycles. The van der Waals surface area contributed by atoms with Gasteiger partial charge in [-0.1, -0.05) is 0 Å². The van der Waals surface area contributed by atoms with Gasteiger partial charge in [-0.3, -0.25) is 14.3 Å². The van der Waals surface area contributed by atoms with Crippen molar-refractivity contribution in [2.45, 2.75) is 25.4 Å². The van der Waals surface area contributed by atoms with Crippen molar-refractivity contribution >= 4 is 56.3 Å². The number of halogens is 6. The van der Waals surface area contributed by atoms with E-state index in [0.29, 0.717) is 21.5 Å². The zero-order chi connectivity index (χ0) is 29.3. The highest BCUT2D eigenvalue weighted by molar-refractivity contribution is 7.21. The van der Waals surface area contributed by atoms with E-state index in [1.165, 1.54) is 17.8 Å². The van der Waals surface area contributed by atoms with Gasteiger partial charge < -0.3 is 11.1 Å². The number of aromatic nitrogens is 6. The highest BCUT2D eigenvalue weighted by Gasteiger charge is 2.36. The van der Waals surface area contributed by atoms with Crippen LogP contribution in [0, 0.1) is 13.8 Å². The number of hydrogen-bond donors (Lipinski definition) is 2. The number of nitrogens with zero attached hydrogens (tertiary/aromatic N) is 6. The fourth-order valence-corrected chi connectivity index (χ4v) is 5.24. The van der Waals surface area contributed by atoms with Crippen LogP contribution in [0.3, 0.4) is 0 Å². The maximum atomic E-state index is 14.0. The Morgan fingerprint density at radius 1 is 1.07 bits per heavy atom. The third-order valence-electron chi connectivity index (χ3n) is 6.02. The number of thiophene rings is 1. The van der Waals surface area contributed by atoms with Gasteiger partial charge in [0, 0.05) is 35.5 Å². The second kappa shape index (κ2) is 9.19. The molecular weight excluding hydrogens is 583 g/mol. The number of carbonyl (C=O) groups excluding carboxylic acids is 2. The molecule has 0 bridgehead atoms. The molecule has 5 rings (SSSR count). The summed E-state index contributed by atoms with van der Waals surface area (Å²) in [6.07, 6.45) is -3.50. The van der Waals surface area contributed by atoms with Gasteiger partial charge in [0.15, 0.2) is 11.3 Å². The van der Waals surface area contributed by atoms with E-state index in [4.69, 9.17) is 17.3 Å². The van der Waals surface area contributed by atoms with E-state index in [0.717, 1.165) is 18.2 Å². The van der Waals surface area contributed by atoms with Crippen LogP contribution in [0.1, 0.15) is 42.9 Å². The summed E-state index contributed by atoms with van der Waals surface area (Å²) >= 11 is 5.75. The number of carbonyl (C=O) groups is 2. The minimum absolute atomic E-state index is 0.00182. The standard InChI is InChI=1S/C23H16ClF5N8O2S/c1-8-4-14(22(24,25)26)37-15(32-8)6-12(35-37)20(39)34-17-16-10(11-7-31-36(3)9(11)2)5-13(23(27,28)29)33-21(16)40-18(17)19(30)38/h4-7H,1-3H3,(H2,30,38)(H,34,39). The van der Waals surface area contributed by atoms with Crippen LogP contribution in [0.4, 0.5) is 27.6 Å². The van der Waals surface area contributed by atoms with E-state index in [1.807, 2.05) is 0 Å². The van der Waals surface area contributed by atoms with Gasteiger partial charge in [-0.2, -0.15) is 32.1 Å². The number of alkyl halides is 6. The van der Waals surface area contributed by atoms with Crippen LogP contribution < -0.4 is 11.1 Å². The molecule has 5 aromatic heterocycles. The molecule has 0 unspecified atom stereocenters. The highest BCUT2D eigenvalue weighted by Crippen LogP contribution is 2.44. The molecule has 0 aromatic carbocycles. The van der Waals surface area contributed by atoms with Crippen LogP contribution in [0.5, 0.6) is 0 Å². The Hall–Kier alpha value is -4.18. The minimum Gasteiger partial charge on any atom is -0.365 e. The van der Waals surface area contributed by atoms with E-state index in [-0.39, 0.29) is 43.2 Å². The van der Waals surface area contributed by atoms with Crippen molar-refractivity contribution in [1.82, 2.24) is 29.4 Å². The molecule has 0 aliphatic carbocycles. The quantitative estimate of drug-likeness (QED) is 0.216. The van der Waals surface area contributed by atoms with E-state index in [2.05, 4.69) is 25.5 Å². The number of hydrogen-bond acceptors (Lipinski definition) is 7. The Kier molecular flexibility index (Phi) is 6.29. The molecule has 5 aromatic rings. The zero-order valence-electron chi connectivity index (χ0n) is 20.6. The van der Waals surface area contributed by atoms with E-state index >= 15 is 0 Å². The summed E-state index contributed by atoms with van der Waals surface area (Å²) in [5.41, 5.74) is 3.74. The van der Waals surface area contributed by atoms with Gasteiger partial charge in [-0.15, -0.1) is 11.3 Å². The average molecular weight is 599 g/mol. The van der Waals surface area contributed by atoms with Gasteiger partial charge in [-0.25, -0.2) is 14.5 Å². The number of anilines is 1. The fraction of sp³-hybridized carbons (Fsp3) is 0.217. The van der Waals surface area contributed by atoms with E-state index in [1.54, 1.807) is 14.0 Å². The van der Waals surface area contributed by atoms with Crippen LogP contribution in [-0.4, -0.2) is 41.2 Å². The van der Waals surface area contributed by atoms with Gasteiger partial charge in [0.25, 0.3) is 11.8 Å². The van der Waals surface area contributed by atoms with Crippen molar-refractivity contribution in [3.05, 3.63) is 57.7 Å². The molecule has 0 aliphatic rings. The fourth-order valence-electron chi connectivity index (χ4n) is 4.10. The van der Waals surface area contributed by atoms with Crippen molar-refractivity contribution in [1.29, 1.82) is 0 Å². The molecule has 17 heteroatoms. The number of nitrogens with two attached hydrogens (primary N) is 1. The summed E-state index contributed by atoms with van der Waals surface area (Å²) in [5.74, 6) is -2.03. The number of pyridine rings is 1. The Labute approximate surface area is 229 Å². The summed E-state index contributed by atoms with van der Waals surface area (Å²) in [7, 11) is 1.59. The molecule has 208 valence electrons. The van der Waals surface area contributed by atoms with E-state index < -0.39 is 40.5 Å². The first-order valence-corrected chi connectivity index (χ1v) is 12.3. The Morgan fingerprint density at radius 3 is 2.35 bits per heavy atom. The van der Waals surface area contributed by atoms with Gasteiger partial charge in [-0.05, 0) is 43.1 Å². The van der Waals surface area contributed by atoms with Crippen LogP contribution in [0.15, 0.2) is 24.4 Å². The molecule has 2 amide bonds. The summed E-state index contributed by atoms with van der Waals surface area (Å²) in [5, 5.41) is 6.58. The SMILES string of the molecule is Cc1cc(C(F)(F)Cl)n2nc(C(=O)Nc3c(C(N)=O)sc4nc(C(F)(F)F)cc(-c5cnn(C)c5C)c34)cc2n1. The summed E-state index contributed by atoms with van der Waals surface area (Å²) in [6.45, 7) is 3.07. The largest absolute Gasteiger partial charge is 0.433 e. The van der Waals surface area contributed by atoms with Gasteiger partial charge in [0.05, 0.1) is 11.9 Å². The number of primary amides is 1. The van der Waals surface area contributed by atoms with Crippen molar-refractivity contribution in [3.8, 4) is 11.1 Å².